The quantitative estimate of drug-likeness (QED) is 0.790. The topological polar surface area (TPSA) is 62.4 Å². The predicted molar refractivity (Wildman–Crippen MR) is 64.2 cm³/mol. The lowest BCUT2D eigenvalue weighted by atomic mass is 9.98. The number of anilines is 1. The highest BCUT2D eigenvalue weighted by atomic mass is 16.3. The van der Waals surface area contributed by atoms with Gasteiger partial charge < -0.3 is 15.7 Å². The van der Waals surface area contributed by atoms with E-state index in [9.17, 15) is 0 Å². The number of hydrogen-bond donors (Lipinski definition) is 2. The van der Waals surface area contributed by atoms with Gasteiger partial charge in [0.15, 0.2) is 0 Å². The molecule has 0 aromatic carbocycles. The second-order valence-corrected chi connectivity index (χ2v) is 4.34. The molecule has 4 heteroatoms. The van der Waals surface area contributed by atoms with Crippen LogP contribution in [0.15, 0.2) is 18.3 Å². The zero-order valence-corrected chi connectivity index (χ0v) is 9.47. The van der Waals surface area contributed by atoms with Crippen molar-refractivity contribution < 1.29 is 5.11 Å². The minimum atomic E-state index is 0.310. The Morgan fingerprint density at radius 1 is 1.44 bits per heavy atom. The number of aromatic nitrogens is 1. The van der Waals surface area contributed by atoms with Crippen LogP contribution in [-0.2, 0) is 6.54 Å². The second kappa shape index (κ2) is 5.27. The molecule has 0 atom stereocenters. The van der Waals surface area contributed by atoms with Crippen LogP contribution in [0.2, 0.25) is 0 Å². The molecule has 1 aliphatic rings. The van der Waals surface area contributed by atoms with Crippen molar-refractivity contribution in [3.05, 3.63) is 23.9 Å². The molecule has 0 aliphatic carbocycles. The van der Waals surface area contributed by atoms with Gasteiger partial charge in [-0.25, -0.2) is 4.98 Å². The maximum Gasteiger partial charge on any atom is 0.128 e. The van der Waals surface area contributed by atoms with Gasteiger partial charge in [-0.3, -0.25) is 0 Å². The minimum Gasteiger partial charge on any atom is -0.396 e. The van der Waals surface area contributed by atoms with Crippen LogP contribution in [0.5, 0.6) is 0 Å². The molecule has 1 aliphatic heterocycles. The van der Waals surface area contributed by atoms with Gasteiger partial charge in [-0.05, 0) is 36.5 Å². The summed E-state index contributed by atoms with van der Waals surface area (Å²) in [6.07, 6.45) is 3.91. The van der Waals surface area contributed by atoms with E-state index in [1.807, 2.05) is 12.3 Å². The van der Waals surface area contributed by atoms with Gasteiger partial charge in [-0.2, -0.15) is 0 Å². The van der Waals surface area contributed by atoms with Crippen molar-refractivity contribution in [1.82, 2.24) is 4.98 Å². The molecule has 88 valence electrons. The Kier molecular flexibility index (Phi) is 3.74. The van der Waals surface area contributed by atoms with E-state index in [0.29, 0.717) is 19.1 Å². The van der Waals surface area contributed by atoms with Gasteiger partial charge in [0.05, 0.1) is 0 Å². The predicted octanol–water partition coefficient (Wildman–Crippen LogP) is 0.749. The van der Waals surface area contributed by atoms with E-state index < -0.39 is 0 Å². The summed E-state index contributed by atoms with van der Waals surface area (Å²) in [7, 11) is 0. The van der Waals surface area contributed by atoms with Crippen LogP contribution >= 0.6 is 0 Å². The molecule has 0 radical (unpaired) electrons. The number of rotatable bonds is 3. The highest BCUT2D eigenvalue weighted by Gasteiger charge is 2.19. The fourth-order valence-electron chi connectivity index (χ4n) is 2.11. The molecular formula is C12H19N3O. The molecule has 1 aromatic rings. The van der Waals surface area contributed by atoms with E-state index in [1.165, 1.54) is 0 Å². The van der Waals surface area contributed by atoms with Crippen LogP contribution in [0.4, 0.5) is 5.82 Å². The lowest BCUT2D eigenvalue weighted by molar-refractivity contribution is 0.203. The van der Waals surface area contributed by atoms with Gasteiger partial charge in [0.25, 0.3) is 0 Å². The summed E-state index contributed by atoms with van der Waals surface area (Å²) < 4.78 is 0. The number of aliphatic hydroxyl groups excluding tert-OH is 1. The number of pyridine rings is 1. The maximum atomic E-state index is 9.08. The van der Waals surface area contributed by atoms with Crippen LogP contribution in [-0.4, -0.2) is 29.8 Å². The zero-order valence-electron chi connectivity index (χ0n) is 9.47. The summed E-state index contributed by atoms with van der Waals surface area (Å²) in [4.78, 5) is 6.64. The molecule has 3 N–H and O–H groups in total. The summed E-state index contributed by atoms with van der Waals surface area (Å²) in [5.41, 5.74) is 6.73. The number of piperidine rings is 1. The first-order valence-electron chi connectivity index (χ1n) is 5.84. The van der Waals surface area contributed by atoms with E-state index in [2.05, 4.69) is 16.0 Å². The van der Waals surface area contributed by atoms with E-state index in [0.717, 1.165) is 37.3 Å². The SMILES string of the molecule is NCc1ccnc(N2CCC(CO)CC2)c1. The Morgan fingerprint density at radius 2 is 2.19 bits per heavy atom. The fourth-order valence-corrected chi connectivity index (χ4v) is 2.11. The lowest BCUT2D eigenvalue weighted by Gasteiger charge is -2.32. The van der Waals surface area contributed by atoms with Crippen molar-refractivity contribution in [3.63, 3.8) is 0 Å². The van der Waals surface area contributed by atoms with Crippen molar-refractivity contribution in [2.24, 2.45) is 11.7 Å². The second-order valence-electron chi connectivity index (χ2n) is 4.34. The Labute approximate surface area is 96.1 Å². The summed E-state index contributed by atoms with van der Waals surface area (Å²) in [6, 6.07) is 4.00. The van der Waals surface area contributed by atoms with Crippen LogP contribution in [0.1, 0.15) is 18.4 Å². The molecule has 1 aromatic heterocycles. The molecule has 1 saturated heterocycles. The van der Waals surface area contributed by atoms with Crippen LogP contribution < -0.4 is 10.6 Å². The molecule has 2 rings (SSSR count). The molecular weight excluding hydrogens is 202 g/mol. The van der Waals surface area contributed by atoms with E-state index in [-0.39, 0.29) is 0 Å². The standard InChI is InChI=1S/C12H19N3O/c13-8-11-1-4-14-12(7-11)15-5-2-10(9-16)3-6-15/h1,4,7,10,16H,2-3,5-6,8-9,13H2. The van der Waals surface area contributed by atoms with Gasteiger partial charge in [0.2, 0.25) is 0 Å². The Balaban J connectivity index is 2.02. The van der Waals surface area contributed by atoms with Gasteiger partial charge >= 0.3 is 0 Å². The Morgan fingerprint density at radius 3 is 2.81 bits per heavy atom. The molecule has 0 saturated carbocycles. The van der Waals surface area contributed by atoms with Crippen molar-refractivity contribution >= 4 is 5.82 Å². The lowest BCUT2D eigenvalue weighted by Crippen LogP contribution is -2.35. The van der Waals surface area contributed by atoms with Gasteiger partial charge in [0.1, 0.15) is 5.82 Å². The molecule has 0 spiro atoms. The summed E-state index contributed by atoms with van der Waals surface area (Å²) >= 11 is 0. The van der Waals surface area contributed by atoms with E-state index in [1.54, 1.807) is 0 Å². The highest BCUT2D eigenvalue weighted by molar-refractivity contribution is 5.41. The van der Waals surface area contributed by atoms with Crippen molar-refractivity contribution in [2.45, 2.75) is 19.4 Å². The highest BCUT2D eigenvalue weighted by Crippen LogP contribution is 2.21. The molecule has 0 amide bonds. The zero-order chi connectivity index (χ0) is 11.4. The van der Waals surface area contributed by atoms with Crippen molar-refractivity contribution in [1.29, 1.82) is 0 Å². The number of nitrogens with two attached hydrogens (primary N) is 1. The average Bonchev–Trinajstić information content (AvgIpc) is 2.39. The minimum absolute atomic E-state index is 0.310. The average molecular weight is 221 g/mol. The van der Waals surface area contributed by atoms with Gasteiger partial charge in [-0.1, -0.05) is 0 Å². The molecule has 2 heterocycles. The fraction of sp³-hybridized carbons (Fsp3) is 0.583. The third-order valence-electron chi connectivity index (χ3n) is 3.24. The summed E-state index contributed by atoms with van der Waals surface area (Å²) in [5, 5.41) is 9.08. The smallest absolute Gasteiger partial charge is 0.128 e. The first kappa shape index (κ1) is 11.4. The monoisotopic (exact) mass is 221 g/mol. The van der Waals surface area contributed by atoms with E-state index >= 15 is 0 Å². The molecule has 0 bridgehead atoms. The third kappa shape index (κ3) is 2.51. The first-order valence-corrected chi connectivity index (χ1v) is 5.84. The molecule has 0 unspecified atom stereocenters. The molecule has 1 fully saturated rings. The van der Waals surface area contributed by atoms with Crippen LogP contribution in [0.25, 0.3) is 0 Å². The normalized spacial score (nSPS) is 17.8. The first-order chi connectivity index (χ1) is 7.83. The number of hydrogen-bond acceptors (Lipinski definition) is 4. The summed E-state index contributed by atoms with van der Waals surface area (Å²) in [6.45, 7) is 2.82. The third-order valence-corrected chi connectivity index (χ3v) is 3.24. The number of nitrogens with zero attached hydrogens (tertiary/aromatic N) is 2. The van der Waals surface area contributed by atoms with Crippen LogP contribution in [0, 0.1) is 5.92 Å². The Bertz CT molecular complexity index is 335. The van der Waals surface area contributed by atoms with Gasteiger partial charge in [0, 0.05) is 32.4 Å². The van der Waals surface area contributed by atoms with Crippen molar-refractivity contribution in [2.75, 3.05) is 24.6 Å². The summed E-state index contributed by atoms with van der Waals surface area (Å²) in [5.74, 6) is 1.48. The molecule has 4 nitrogen and oxygen atoms in total. The largest absolute Gasteiger partial charge is 0.396 e. The van der Waals surface area contributed by atoms with Crippen LogP contribution in [0.3, 0.4) is 0 Å². The van der Waals surface area contributed by atoms with Gasteiger partial charge in [-0.15, -0.1) is 0 Å². The van der Waals surface area contributed by atoms with Crippen molar-refractivity contribution in [3.8, 4) is 0 Å². The molecule has 16 heavy (non-hydrogen) atoms. The van der Waals surface area contributed by atoms with E-state index in [4.69, 9.17) is 10.8 Å². The Hall–Kier alpha value is -1.13. The number of aliphatic hydroxyl groups is 1. The maximum absolute atomic E-state index is 9.08.